The molecule has 0 saturated carbocycles. The van der Waals surface area contributed by atoms with Crippen LogP contribution in [0.2, 0.25) is 0 Å². The number of benzene rings is 2. The van der Waals surface area contributed by atoms with Crippen molar-refractivity contribution in [1.82, 2.24) is 15.2 Å². The highest BCUT2D eigenvalue weighted by atomic mass is 32.2. The Balaban J connectivity index is 1.69. The first-order chi connectivity index (χ1) is 12.6. The Labute approximate surface area is 155 Å². The molecule has 26 heavy (non-hydrogen) atoms. The molecule has 1 heterocycles. The molecule has 0 radical (unpaired) electrons. The molecular formula is C19H18FN3O2S. The first-order valence-corrected chi connectivity index (χ1v) is 9.07. The minimum Gasteiger partial charge on any atom is -0.494 e. The van der Waals surface area contributed by atoms with Gasteiger partial charge in [-0.15, -0.1) is 5.10 Å². The summed E-state index contributed by atoms with van der Waals surface area (Å²) < 4.78 is 19.2. The van der Waals surface area contributed by atoms with Crippen molar-refractivity contribution >= 4 is 17.5 Å². The van der Waals surface area contributed by atoms with E-state index in [9.17, 15) is 9.18 Å². The summed E-state index contributed by atoms with van der Waals surface area (Å²) in [5.41, 5.74) is 0.940. The maximum atomic E-state index is 13.8. The maximum absolute atomic E-state index is 13.8. The summed E-state index contributed by atoms with van der Waals surface area (Å²) in [6.45, 7) is 4.28. The van der Waals surface area contributed by atoms with Crippen molar-refractivity contribution in [2.24, 2.45) is 0 Å². The van der Waals surface area contributed by atoms with E-state index in [1.807, 2.05) is 6.92 Å². The number of ether oxygens (including phenoxy) is 1. The van der Waals surface area contributed by atoms with Gasteiger partial charge in [0.1, 0.15) is 11.6 Å². The molecule has 0 aliphatic heterocycles. The molecule has 3 aromatic rings. The number of carbonyl (C=O) groups excluding carboxylic acids is 1. The lowest BCUT2D eigenvalue weighted by Crippen LogP contribution is -2.13. The summed E-state index contributed by atoms with van der Waals surface area (Å²) in [5, 5.41) is 6.82. The van der Waals surface area contributed by atoms with Gasteiger partial charge in [-0.3, -0.25) is 9.89 Å². The standard InChI is InChI=1S/C19H18FN3O2S/c1-3-25-14-10-8-13(9-11-14)17(24)12(2)26-19-21-18(22-23-19)15-6-4-5-7-16(15)20/h4-12H,3H2,1-2H3,(H,21,22,23)/t12-/m1/s1. The quantitative estimate of drug-likeness (QED) is 0.493. The van der Waals surface area contributed by atoms with E-state index in [2.05, 4.69) is 15.2 Å². The Morgan fingerprint density at radius 3 is 2.65 bits per heavy atom. The minimum absolute atomic E-state index is 0.0321. The summed E-state index contributed by atoms with van der Waals surface area (Å²) in [4.78, 5) is 16.8. The highest BCUT2D eigenvalue weighted by molar-refractivity contribution is 8.00. The zero-order valence-electron chi connectivity index (χ0n) is 14.4. The third-order valence-corrected chi connectivity index (χ3v) is 4.66. The normalized spacial score (nSPS) is 12.0. The topological polar surface area (TPSA) is 67.9 Å². The van der Waals surface area contributed by atoms with E-state index in [1.54, 1.807) is 49.4 Å². The van der Waals surface area contributed by atoms with Crippen molar-refractivity contribution in [3.8, 4) is 17.1 Å². The Hall–Kier alpha value is -2.67. The first kappa shape index (κ1) is 18.1. The number of rotatable bonds is 7. The molecule has 5 nitrogen and oxygen atoms in total. The van der Waals surface area contributed by atoms with Crippen LogP contribution >= 0.6 is 11.8 Å². The van der Waals surface area contributed by atoms with Gasteiger partial charge in [0.05, 0.1) is 17.4 Å². The van der Waals surface area contributed by atoms with Crippen LogP contribution in [0.25, 0.3) is 11.4 Å². The highest BCUT2D eigenvalue weighted by Gasteiger charge is 2.19. The molecule has 134 valence electrons. The van der Waals surface area contributed by atoms with Crippen LogP contribution in [0.3, 0.4) is 0 Å². The zero-order chi connectivity index (χ0) is 18.5. The number of thioether (sulfide) groups is 1. The van der Waals surface area contributed by atoms with Gasteiger partial charge in [0.15, 0.2) is 11.6 Å². The summed E-state index contributed by atoms with van der Waals surface area (Å²) in [7, 11) is 0. The van der Waals surface area contributed by atoms with E-state index in [1.165, 1.54) is 17.8 Å². The third-order valence-electron chi connectivity index (χ3n) is 3.70. The van der Waals surface area contributed by atoms with E-state index in [0.29, 0.717) is 28.7 Å². The number of aromatic nitrogens is 3. The number of halogens is 1. The third kappa shape index (κ3) is 4.11. The molecule has 1 aromatic heterocycles. The van der Waals surface area contributed by atoms with E-state index in [0.717, 1.165) is 5.75 Å². The van der Waals surface area contributed by atoms with Gasteiger partial charge in [-0.05, 0) is 50.2 Å². The zero-order valence-corrected chi connectivity index (χ0v) is 15.2. The summed E-state index contributed by atoms with van der Waals surface area (Å²) in [5.74, 6) is 0.660. The lowest BCUT2D eigenvalue weighted by atomic mass is 10.1. The second kappa shape index (κ2) is 8.14. The molecule has 1 atom stereocenters. The van der Waals surface area contributed by atoms with Crippen molar-refractivity contribution < 1.29 is 13.9 Å². The van der Waals surface area contributed by atoms with Gasteiger partial charge in [0, 0.05) is 5.56 Å². The van der Waals surface area contributed by atoms with Crippen LogP contribution in [0.5, 0.6) is 5.75 Å². The molecule has 0 spiro atoms. The molecule has 0 saturated heterocycles. The van der Waals surface area contributed by atoms with Crippen LogP contribution in [-0.4, -0.2) is 32.8 Å². The van der Waals surface area contributed by atoms with E-state index >= 15 is 0 Å². The van der Waals surface area contributed by atoms with Crippen LogP contribution in [-0.2, 0) is 0 Å². The predicted octanol–water partition coefficient (Wildman–Crippen LogP) is 4.37. The number of ketones is 1. The molecule has 0 aliphatic carbocycles. The lowest BCUT2D eigenvalue weighted by molar-refractivity contribution is 0.0994. The van der Waals surface area contributed by atoms with Gasteiger partial charge in [0.25, 0.3) is 0 Å². The molecule has 1 N–H and O–H groups in total. The van der Waals surface area contributed by atoms with Crippen molar-refractivity contribution in [3.63, 3.8) is 0 Å². The largest absolute Gasteiger partial charge is 0.494 e. The monoisotopic (exact) mass is 371 g/mol. The first-order valence-electron chi connectivity index (χ1n) is 8.19. The van der Waals surface area contributed by atoms with Gasteiger partial charge in [-0.2, -0.15) is 0 Å². The number of nitrogens with zero attached hydrogens (tertiary/aromatic N) is 2. The van der Waals surface area contributed by atoms with Crippen molar-refractivity contribution in [1.29, 1.82) is 0 Å². The minimum atomic E-state index is -0.378. The summed E-state index contributed by atoms with van der Waals surface area (Å²) in [6, 6.07) is 13.4. The Morgan fingerprint density at radius 1 is 1.23 bits per heavy atom. The van der Waals surface area contributed by atoms with Crippen LogP contribution in [0.4, 0.5) is 4.39 Å². The Bertz CT molecular complexity index is 896. The fourth-order valence-electron chi connectivity index (χ4n) is 2.40. The molecule has 7 heteroatoms. The smallest absolute Gasteiger partial charge is 0.209 e. The molecule has 2 aromatic carbocycles. The van der Waals surface area contributed by atoms with Crippen molar-refractivity contribution in [2.45, 2.75) is 24.3 Å². The van der Waals surface area contributed by atoms with E-state index in [-0.39, 0.29) is 16.9 Å². The molecule has 0 amide bonds. The fourth-order valence-corrected chi connectivity index (χ4v) is 3.20. The summed E-state index contributed by atoms with van der Waals surface area (Å²) >= 11 is 1.23. The molecule has 0 fully saturated rings. The Kier molecular flexibility index (Phi) is 5.68. The van der Waals surface area contributed by atoms with Crippen LogP contribution in [0.15, 0.2) is 53.7 Å². The molecule has 0 unspecified atom stereocenters. The van der Waals surface area contributed by atoms with Crippen LogP contribution < -0.4 is 4.74 Å². The average molecular weight is 371 g/mol. The number of H-pyrrole nitrogens is 1. The van der Waals surface area contributed by atoms with E-state index < -0.39 is 0 Å². The second-order valence-electron chi connectivity index (χ2n) is 5.53. The predicted molar refractivity (Wildman–Crippen MR) is 99.0 cm³/mol. The van der Waals surface area contributed by atoms with Crippen LogP contribution in [0.1, 0.15) is 24.2 Å². The SMILES string of the molecule is CCOc1ccc(C(=O)[C@@H](C)Sc2n[nH]c(-c3ccccc3F)n2)cc1. The highest BCUT2D eigenvalue weighted by Crippen LogP contribution is 2.26. The second-order valence-corrected chi connectivity index (χ2v) is 6.84. The van der Waals surface area contributed by atoms with Crippen LogP contribution in [0, 0.1) is 5.82 Å². The molecule has 0 bridgehead atoms. The average Bonchev–Trinajstić information content (AvgIpc) is 3.10. The Morgan fingerprint density at radius 2 is 1.96 bits per heavy atom. The number of nitrogens with one attached hydrogen (secondary N) is 1. The molecular weight excluding hydrogens is 353 g/mol. The van der Waals surface area contributed by atoms with Gasteiger partial charge in [-0.25, -0.2) is 9.37 Å². The number of Topliss-reactive ketones (excluding diaryl/α,β-unsaturated/α-hetero) is 1. The molecule has 0 aliphatic rings. The lowest BCUT2D eigenvalue weighted by Gasteiger charge is -2.09. The number of hydrogen-bond donors (Lipinski definition) is 1. The van der Waals surface area contributed by atoms with E-state index in [4.69, 9.17) is 4.74 Å². The van der Waals surface area contributed by atoms with Crippen molar-refractivity contribution in [2.75, 3.05) is 6.61 Å². The maximum Gasteiger partial charge on any atom is 0.209 e. The van der Waals surface area contributed by atoms with Gasteiger partial charge in [-0.1, -0.05) is 23.9 Å². The fraction of sp³-hybridized carbons (Fsp3) is 0.211. The number of carbonyl (C=O) groups is 1. The van der Waals surface area contributed by atoms with Gasteiger partial charge in [0.2, 0.25) is 5.16 Å². The summed E-state index contributed by atoms with van der Waals surface area (Å²) in [6.07, 6.45) is 0. The van der Waals surface area contributed by atoms with Crippen molar-refractivity contribution in [3.05, 3.63) is 59.9 Å². The number of aromatic amines is 1. The van der Waals surface area contributed by atoms with Gasteiger partial charge >= 0.3 is 0 Å². The number of hydrogen-bond acceptors (Lipinski definition) is 5. The molecule has 3 rings (SSSR count). The van der Waals surface area contributed by atoms with Gasteiger partial charge < -0.3 is 4.74 Å².